The number of amides is 2. The van der Waals surface area contributed by atoms with E-state index in [2.05, 4.69) is 5.32 Å². The van der Waals surface area contributed by atoms with Gasteiger partial charge in [0.15, 0.2) is 0 Å². The molecule has 5 nitrogen and oxygen atoms in total. The fourth-order valence-corrected chi connectivity index (χ4v) is 3.20. The van der Waals surface area contributed by atoms with Crippen molar-refractivity contribution in [1.29, 1.82) is 5.26 Å². The van der Waals surface area contributed by atoms with Gasteiger partial charge in [-0.1, -0.05) is 44.2 Å². The molecule has 2 aromatic carbocycles. The van der Waals surface area contributed by atoms with Crippen LogP contribution in [0.4, 0.5) is 11.4 Å². The molecule has 0 unspecified atom stereocenters. The van der Waals surface area contributed by atoms with Crippen LogP contribution in [0.5, 0.6) is 0 Å². The van der Waals surface area contributed by atoms with E-state index in [1.165, 1.54) is 0 Å². The lowest BCUT2D eigenvalue weighted by molar-refractivity contribution is -0.114. The number of rotatable bonds is 4. The number of hydrogen-bond donors (Lipinski definition) is 1. The van der Waals surface area contributed by atoms with Crippen molar-refractivity contribution in [1.82, 2.24) is 0 Å². The summed E-state index contributed by atoms with van der Waals surface area (Å²) < 4.78 is 0. The first-order chi connectivity index (χ1) is 12.9. The summed E-state index contributed by atoms with van der Waals surface area (Å²) in [5.41, 5.74) is 2.94. The molecule has 0 aromatic heterocycles. The van der Waals surface area contributed by atoms with Crippen molar-refractivity contribution >= 4 is 28.8 Å². The lowest BCUT2D eigenvalue weighted by Gasteiger charge is -2.19. The summed E-state index contributed by atoms with van der Waals surface area (Å²) >= 11 is 0. The zero-order valence-electron chi connectivity index (χ0n) is 15.6. The van der Waals surface area contributed by atoms with Gasteiger partial charge in [-0.25, -0.2) is 0 Å². The Morgan fingerprint density at radius 3 is 2.59 bits per heavy atom. The number of nitrogens with one attached hydrogen (secondary N) is 1. The van der Waals surface area contributed by atoms with Crippen LogP contribution in [0.3, 0.4) is 0 Å². The number of carbonyl (C=O) groups is 2. The molecule has 0 saturated heterocycles. The van der Waals surface area contributed by atoms with E-state index in [0.29, 0.717) is 17.8 Å². The monoisotopic (exact) mass is 359 g/mol. The second-order valence-electron chi connectivity index (χ2n) is 7.01. The van der Waals surface area contributed by atoms with Crippen LogP contribution in [-0.4, -0.2) is 18.4 Å². The summed E-state index contributed by atoms with van der Waals surface area (Å²) in [5, 5.41) is 12.4. The summed E-state index contributed by atoms with van der Waals surface area (Å²) in [6, 6.07) is 16.5. The molecule has 1 N–H and O–H groups in total. The van der Waals surface area contributed by atoms with Gasteiger partial charge in [0.2, 0.25) is 0 Å². The molecule has 0 fully saturated rings. The van der Waals surface area contributed by atoms with Crippen molar-refractivity contribution in [2.45, 2.75) is 20.8 Å². The third-order valence-corrected chi connectivity index (χ3v) is 4.34. The van der Waals surface area contributed by atoms with Crippen LogP contribution in [0.25, 0.3) is 5.57 Å². The van der Waals surface area contributed by atoms with Crippen molar-refractivity contribution in [2.24, 2.45) is 5.92 Å². The Kier molecular flexibility index (Phi) is 5.09. The Balaban J connectivity index is 2.04. The largest absolute Gasteiger partial charge is 0.321 e. The van der Waals surface area contributed by atoms with Crippen molar-refractivity contribution in [3.63, 3.8) is 0 Å². The average Bonchev–Trinajstić information content (AvgIpc) is 2.88. The molecule has 3 rings (SSSR count). The topological polar surface area (TPSA) is 73.2 Å². The lowest BCUT2D eigenvalue weighted by atomic mass is 10.0. The first-order valence-corrected chi connectivity index (χ1v) is 8.86. The number of para-hydroxylation sites is 1. The minimum absolute atomic E-state index is 0.166. The van der Waals surface area contributed by atoms with Crippen molar-refractivity contribution in [2.75, 3.05) is 16.8 Å². The highest BCUT2D eigenvalue weighted by Gasteiger charge is 2.36. The first kappa shape index (κ1) is 18.4. The number of nitrogens with zero attached hydrogens (tertiary/aromatic N) is 2. The number of fused-ring (bicyclic) bond motifs is 1. The third-order valence-electron chi connectivity index (χ3n) is 4.34. The van der Waals surface area contributed by atoms with Gasteiger partial charge in [0.25, 0.3) is 11.8 Å². The van der Waals surface area contributed by atoms with E-state index in [-0.39, 0.29) is 23.0 Å². The normalized spacial score (nSPS) is 14.8. The molecule has 2 aromatic rings. The van der Waals surface area contributed by atoms with Gasteiger partial charge in [-0.15, -0.1) is 0 Å². The van der Waals surface area contributed by atoms with Crippen molar-refractivity contribution in [3.05, 3.63) is 65.2 Å². The molecule has 1 heterocycles. The standard InChI is InChI=1S/C22H21N3O2/c1-14(2)13-25-19-10-5-4-9-17(19)20(22(25)27)18(12-23)21(26)24-16-8-6-7-15(3)11-16/h4-11,14H,13H2,1-3H3,(H,24,26). The van der Waals surface area contributed by atoms with Gasteiger partial charge >= 0.3 is 0 Å². The zero-order valence-corrected chi connectivity index (χ0v) is 15.6. The number of benzene rings is 2. The van der Waals surface area contributed by atoms with E-state index in [0.717, 1.165) is 11.3 Å². The Bertz CT molecular complexity index is 983. The molecule has 0 saturated carbocycles. The van der Waals surface area contributed by atoms with Crippen LogP contribution in [0.1, 0.15) is 25.0 Å². The van der Waals surface area contributed by atoms with Crippen molar-refractivity contribution in [3.8, 4) is 6.07 Å². The second-order valence-corrected chi connectivity index (χ2v) is 7.01. The molecule has 1 aliphatic heterocycles. The van der Waals surface area contributed by atoms with Crippen LogP contribution in [0, 0.1) is 24.2 Å². The molecule has 0 spiro atoms. The smallest absolute Gasteiger partial charge is 0.267 e. The highest BCUT2D eigenvalue weighted by atomic mass is 16.2. The highest BCUT2D eigenvalue weighted by Crippen LogP contribution is 2.38. The predicted octanol–water partition coefficient (Wildman–Crippen LogP) is 3.91. The average molecular weight is 359 g/mol. The minimum Gasteiger partial charge on any atom is -0.321 e. The maximum atomic E-state index is 13.0. The van der Waals surface area contributed by atoms with Gasteiger partial charge in [-0.2, -0.15) is 5.26 Å². The maximum Gasteiger partial charge on any atom is 0.267 e. The predicted molar refractivity (Wildman–Crippen MR) is 106 cm³/mol. The fraction of sp³-hybridized carbons (Fsp3) is 0.227. The number of hydrogen-bond acceptors (Lipinski definition) is 3. The Hall–Kier alpha value is -3.39. The van der Waals surface area contributed by atoms with Crippen LogP contribution >= 0.6 is 0 Å². The summed E-state index contributed by atoms with van der Waals surface area (Å²) in [6.07, 6.45) is 0. The summed E-state index contributed by atoms with van der Waals surface area (Å²) in [5.74, 6) is -0.624. The van der Waals surface area contributed by atoms with Crippen LogP contribution in [0.15, 0.2) is 54.1 Å². The Morgan fingerprint density at radius 2 is 1.93 bits per heavy atom. The summed E-state index contributed by atoms with van der Waals surface area (Å²) in [4.78, 5) is 27.5. The van der Waals surface area contributed by atoms with Gasteiger partial charge < -0.3 is 10.2 Å². The Morgan fingerprint density at radius 1 is 1.19 bits per heavy atom. The number of carbonyl (C=O) groups excluding carboxylic acids is 2. The number of aryl methyl sites for hydroxylation is 1. The molecule has 27 heavy (non-hydrogen) atoms. The quantitative estimate of drug-likeness (QED) is 0.664. The van der Waals surface area contributed by atoms with Crippen LogP contribution in [-0.2, 0) is 9.59 Å². The lowest BCUT2D eigenvalue weighted by Crippen LogP contribution is -2.31. The van der Waals surface area contributed by atoms with Gasteiger partial charge in [-0.05, 0) is 36.6 Å². The maximum absolute atomic E-state index is 13.0. The Labute approximate surface area is 158 Å². The summed E-state index contributed by atoms with van der Waals surface area (Å²) in [6.45, 7) is 6.48. The van der Waals surface area contributed by atoms with E-state index >= 15 is 0 Å². The summed E-state index contributed by atoms with van der Waals surface area (Å²) in [7, 11) is 0. The molecule has 0 atom stereocenters. The zero-order chi connectivity index (χ0) is 19.6. The molecular formula is C22H21N3O2. The van der Waals surface area contributed by atoms with Gasteiger partial charge in [0.05, 0.1) is 11.3 Å². The molecule has 1 aliphatic rings. The molecule has 0 radical (unpaired) electrons. The van der Waals surface area contributed by atoms with E-state index in [1.54, 1.807) is 23.1 Å². The number of nitriles is 1. The van der Waals surface area contributed by atoms with Gasteiger partial charge in [-0.3, -0.25) is 9.59 Å². The van der Waals surface area contributed by atoms with E-state index < -0.39 is 5.91 Å². The fourth-order valence-electron chi connectivity index (χ4n) is 3.20. The molecule has 136 valence electrons. The van der Waals surface area contributed by atoms with Crippen LogP contribution in [0.2, 0.25) is 0 Å². The van der Waals surface area contributed by atoms with E-state index in [4.69, 9.17) is 0 Å². The highest BCUT2D eigenvalue weighted by molar-refractivity contribution is 6.37. The number of anilines is 2. The van der Waals surface area contributed by atoms with Gasteiger partial charge in [0.1, 0.15) is 11.6 Å². The molecule has 0 aliphatic carbocycles. The second kappa shape index (κ2) is 7.46. The van der Waals surface area contributed by atoms with E-state index in [9.17, 15) is 14.9 Å². The minimum atomic E-state index is -0.576. The molecule has 2 amide bonds. The first-order valence-electron chi connectivity index (χ1n) is 8.86. The van der Waals surface area contributed by atoms with Gasteiger partial charge in [0, 0.05) is 17.8 Å². The SMILES string of the molecule is Cc1cccc(NC(=O)C(C#N)=C2C(=O)N(CC(C)C)c3ccccc32)c1. The van der Waals surface area contributed by atoms with Crippen molar-refractivity contribution < 1.29 is 9.59 Å². The van der Waals surface area contributed by atoms with Crippen LogP contribution < -0.4 is 10.2 Å². The molecular weight excluding hydrogens is 338 g/mol. The van der Waals surface area contributed by atoms with E-state index in [1.807, 2.05) is 57.2 Å². The molecule has 5 heteroatoms. The molecule has 0 bridgehead atoms. The third kappa shape index (κ3) is 3.61.